The van der Waals surface area contributed by atoms with Gasteiger partial charge in [0.15, 0.2) is 11.5 Å². The number of para-hydroxylation sites is 1. The molecule has 0 aliphatic carbocycles. The van der Waals surface area contributed by atoms with E-state index in [1.165, 1.54) is 0 Å². The first-order valence-electron chi connectivity index (χ1n) is 7.08. The molecule has 0 fully saturated rings. The van der Waals surface area contributed by atoms with Gasteiger partial charge in [-0.2, -0.15) is 5.10 Å². The molecule has 1 aromatic heterocycles. The fraction of sp³-hybridized carbons (Fsp3) is 0.438. The molecule has 4 nitrogen and oxygen atoms in total. The molecule has 0 bridgehead atoms. The summed E-state index contributed by atoms with van der Waals surface area (Å²) in [5, 5.41) is 5.27. The van der Waals surface area contributed by atoms with Crippen LogP contribution in [0.25, 0.3) is 0 Å². The molecule has 2 rings (SSSR count). The van der Waals surface area contributed by atoms with E-state index in [2.05, 4.69) is 34.9 Å². The summed E-state index contributed by atoms with van der Waals surface area (Å²) in [6.07, 6.45) is 3.06. The molecule has 1 unspecified atom stereocenters. The van der Waals surface area contributed by atoms with E-state index >= 15 is 0 Å². The zero-order valence-corrected chi connectivity index (χ0v) is 14.3. The molecule has 0 saturated heterocycles. The van der Waals surface area contributed by atoms with Crippen molar-refractivity contribution in [1.82, 2.24) is 9.78 Å². The highest BCUT2D eigenvalue weighted by atomic mass is 79.9. The number of aromatic nitrogens is 2. The van der Waals surface area contributed by atoms with Crippen LogP contribution in [-0.4, -0.2) is 16.9 Å². The smallest absolute Gasteiger partial charge is 0.165 e. The highest BCUT2D eigenvalue weighted by Gasteiger charge is 2.11. The van der Waals surface area contributed by atoms with Gasteiger partial charge in [0.1, 0.15) is 6.61 Å². The second-order valence-corrected chi connectivity index (χ2v) is 5.48. The van der Waals surface area contributed by atoms with Gasteiger partial charge in [-0.3, -0.25) is 4.68 Å². The third kappa shape index (κ3) is 3.79. The Morgan fingerprint density at radius 1 is 1.33 bits per heavy atom. The third-order valence-corrected chi connectivity index (χ3v) is 4.10. The SMILES string of the molecule is CCC(C)n1ccc(COc2c(CBr)cccc2OC)n1. The zero-order valence-electron chi connectivity index (χ0n) is 12.7. The van der Waals surface area contributed by atoms with Gasteiger partial charge in [0.05, 0.1) is 12.8 Å². The van der Waals surface area contributed by atoms with Crippen LogP contribution in [0.5, 0.6) is 11.5 Å². The number of hydrogen-bond acceptors (Lipinski definition) is 3. The maximum absolute atomic E-state index is 5.93. The van der Waals surface area contributed by atoms with Gasteiger partial charge < -0.3 is 9.47 Å². The van der Waals surface area contributed by atoms with Crippen LogP contribution in [0.1, 0.15) is 37.6 Å². The summed E-state index contributed by atoms with van der Waals surface area (Å²) in [5.74, 6) is 1.52. The summed E-state index contributed by atoms with van der Waals surface area (Å²) in [5.41, 5.74) is 1.98. The largest absolute Gasteiger partial charge is 0.493 e. The Hall–Kier alpha value is -1.49. The molecule has 1 heterocycles. The molecule has 2 aromatic rings. The Morgan fingerprint density at radius 2 is 2.14 bits per heavy atom. The summed E-state index contributed by atoms with van der Waals surface area (Å²) in [7, 11) is 1.65. The van der Waals surface area contributed by atoms with Gasteiger partial charge in [0.25, 0.3) is 0 Å². The summed E-state index contributed by atoms with van der Waals surface area (Å²) < 4.78 is 13.3. The maximum Gasteiger partial charge on any atom is 0.165 e. The van der Waals surface area contributed by atoms with Crippen molar-refractivity contribution in [1.29, 1.82) is 0 Å². The molecule has 1 atom stereocenters. The Labute approximate surface area is 134 Å². The first-order chi connectivity index (χ1) is 10.2. The second kappa shape index (κ2) is 7.50. The molecule has 0 aliphatic heterocycles. The van der Waals surface area contributed by atoms with E-state index < -0.39 is 0 Å². The number of hydrogen-bond donors (Lipinski definition) is 0. The molecule has 0 spiro atoms. The third-order valence-electron chi connectivity index (χ3n) is 3.49. The van der Waals surface area contributed by atoms with Gasteiger partial charge in [-0.25, -0.2) is 0 Å². The standard InChI is InChI=1S/C16H21BrN2O2/c1-4-12(2)19-9-8-14(18-19)11-21-16-13(10-17)6-5-7-15(16)20-3/h5-9,12H,4,10-11H2,1-3H3. The number of benzene rings is 1. The van der Waals surface area contributed by atoms with Gasteiger partial charge >= 0.3 is 0 Å². The minimum atomic E-state index is 0.406. The minimum Gasteiger partial charge on any atom is -0.493 e. The van der Waals surface area contributed by atoms with Crippen LogP contribution in [0.3, 0.4) is 0 Å². The number of methoxy groups -OCH3 is 1. The van der Waals surface area contributed by atoms with Crippen molar-refractivity contribution >= 4 is 15.9 Å². The van der Waals surface area contributed by atoms with E-state index in [1.807, 2.05) is 35.1 Å². The first kappa shape index (κ1) is 15.9. The number of nitrogens with zero attached hydrogens (tertiary/aromatic N) is 2. The van der Waals surface area contributed by atoms with E-state index in [1.54, 1.807) is 7.11 Å². The number of alkyl halides is 1. The predicted molar refractivity (Wildman–Crippen MR) is 87.2 cm³/mol. The van der Waals surface area contributed by atoms with Crippen molar-refractivity contribution in [2.75, 3.05) is 7.11 Å². The fourth-order valence-corrected chi connectivity index (χ4v) is 2.47. The van der Waals surface area contributed by atoms with Crippen molar-refractivity contribution < 1.29 is 9.47 Å². The van der Waals surface area contributed by atoms with E-state index in [0.717, 1.165) is 34.5 Å². The molecule has 0 amide bonds. The predicted octanol–water partition coefficient (Wildman–Crippen LogP) is 4.34. The minimum absolute atomic E-state index is 0.406. The Balaban J connectivity index is 2.11. The molecule has 0 saturated carbocycles. The van der Waals surface area contributed by atoms with Crippen LogP contribution in [0.2, 0.25) is 0 Å². The molecule has 0 N–H and O–H groups in total. The summed E-state index contributed by atoms with van der Waals surface area (Å²) >= 11 is 3.48. The van der Waals surface area contributed by atoms with Crippen molar-refractivity contribution in [2.45, 2.75) is 38.2 Å². The molecule has 21 heavy (non-hydrogen) atoms. The zero-order chi connectivity index (χ0) is 15.2. The number of rotatable bonds is 7. The molecular formula is C16H21BrN2O2. The van der Waals surface area contributed by atoms with E-state index in [-0.39, 0.29) is 0 Å². The molecule has 114 valence electrons. The second-order valence-electron chi connectivity index (χ2n) is 4.92. The molecule has 0 aliphatic rings. The van der Waals surface area contributed by atoms with Crippen LogP contribution in [-0.2, 0) is 11.9 Å². The number of halogens is 1. The highest BCUT2D eigenvalue weighted by Crippen LogP contribution is 2.33. The Kier molecular flexibility index (Phi) is 5.67. The van der Waals surface area contributed by atoms with Gasteiger partial charge in [-0.05, 0) is 25.5 Å². The van der Waals surface area contributed by atoms with Crippen LogP contribution in [0.15, 0.2) is 30.5 Å². The summed E-state index contributed by atoms with van der Waals surface area (Å²) in [6.45, 7) is 4.74. The average molecular weight is 353 g/mol. The van der Waals surface area contributed by atoms with E-state index in [4.69, 9.17) is 9.47 Å². The van der Waals surface area contributed by atoms with Crippen molar-refractivity contribution in [3.05, 3.63) is 41.7 Å². The Morgan fingerprint density at radius 3 is 2.81 bits per heavy atom. The summed E-state index contributed by atoms with van der Waals surface area (Å²) in [4.78, 5) is 0. The van der Waals surface area contributed by atoms with E-state index in [0.29, 0.717) is 12.6 Å². The summed E-state index contributed by atoms with van der Waals surface area (Å²) in [6, 6.07) is 8.28. The van der Waals surface area contributed by atoms with Crippen LogP contribution in [0.4, 0.5) is 0 Å². The maximum atomic E-state index is 5.93. The normalized spacial score (nSPS) is 12.2. The topological polar surface area (TPSA) is 36.3 Å². The lowest BCUT2D eigenvalue weighted by molar-refractivity contribution is 0.276. The van der Waals surface area contributed by atoms with Crippen molar-refractivity contribution in [3.63, 3.8) is 0 Å². The lowest BCUT2D eigenvalue weighted by atomic mass is 10.2. The van der Waals surface area contributed by atoms with Crippen LogP contribution >= 0.6 is 15.9 Å². The average Bonchev–Trinajstić information content (AvgIpc) is 3.00. The van der Waals surface area contributed by atoms with Crippen molar-refractivity contribution in [2.24, 2.45) is 0 Å². The highest BCUT2D eigenvalue weighted by molar-refractivity contribution is 9.08. The molecular weight excluding hydrogens is 332 g/mol. The lowest BCUT2D eigenvalue weighted by Crippen LogP contribution is -2.06. The Bertz CT molecular complexity index is 561. The van der Waals surface area contributed by atoms with E-state index in [9.17, 15) is 0 Å². The molecule has 5 heteroatoms. The molecule has 1 aromatic carbocycles. The lowest BCUT2D eigenvalue weighted by Gasteiger charge is -2.13. The van der Waals surface area contributed by atoms with Gasteiger partial charge in [0.2, 0.25) is 0 Å². The molecule has 0 radical (unpaired) electrons. The van der Waals surface area contributed by atoms with Gasteiger partial charge in [-0.15, -0.1) is 0 Å². The van der Waals surface area contributed by atoms with Crippen LogP contribution in [0, 0.1) is 0 Å². The van der Waals surface area contributed by atoms with Gasteiger partial charge in [0, 0.05) is 23.1 Å². The fourth-order valence-electron chi connectivity index (χ4n) is 2.02. The first-order valence-corrected chi connectivity index (χ1v) is 8.20. The van der Waals surface area contributed by atoms with Gasteiger partial charge in [-0.1, -0.05) is 35.0 Å². The number of ether oxygens (including phenoxy) is 2. The van der Waals surface area contributed by atoms with Crippen LogP contribution < -0.4 is 9.47 Å². The quantitative estimate of drug-likeness (QED) is 0.695. The van der Waals surface area contributed by atoms with Crippen molar-refractivity contribution in [3.8, 4) is 11.5 Å². The monoisotopic (exact) mass is 352 g/mol.